The summed E-state index contributed by atoms with van der Waals surface area (Å²) in [7, 11) is 0.170. The predicted octanol–water partition coefficient (Wildman–Crippen LogP) is 1.17. The quantitative estimate of drug-likeness (QED) is 0.784. The van der Waals surface area contributed by atoms with Gasteiger partial charge in [-0.05, 0) is 24.6 Å². The lowest BCUT2D eigenvalue weighted by Gasteiger charge is -2.33. The SMILES string of the molecule is CCS(=O)(=O)N1CCN(Cc2ccc(OC)c(OC)c2)CC1. The summed E-state index contributed by atoms with van der Waals surface area (Å²) in [5.41, 5.74) is 1.13. The average molecular weight is 328 g/mol. The molecule has 1 fully saturated rings. The van der Waals surface area contributed by atoms with Gasteiger partial charge in [-0.1, -0.05) is 6.07 Å². The van der Waals surface area contributed by atoms with Crippen molar-refractivity contribution in [2.45, 2.75) is 13.5 Å². The Balaban J connectivity index is 1.96. The van der Waals surface area contributed by atoms with Crippen molar-refractivity contribution < 1.29 is 17.9 Å². The van der Waals surface area contributed by atoms with E-state index in [9.17, 15) is 8.42 Å². The van der Waals surface area contributed by atoms with Gasteiger partial charge in [0.15, 0.2) is 11.5 Å². The molecule has 1 heterocycles. The fraction of sp³-hybridized carbons (Fsp3) is 0.600. The number of benzene rings is 1. The monoisotopic (exact) mass is 328 g/mol. The minimum atomic E-state index is -3.07. The maximum Gasteiger partial charge on any atom is 0.213 e. The first kappa shape index (κ1) is 17.1. The van der Waals surface area contributed by atoms with Crippen LogP contribution in [0.3, 0.4) is 0 Å². The fourth-order valence-corrected chi connectivity index (χ4v) is 3.67. The van der Waals surface area contributed by atoms with E-state index in [0.29, 0.717) is 24.6 Å². The molecule has 0 N–H and O–H groups in total. The molecule has 1 aromatic carbocycles. The number of rotatable bonds is 6. The Kier molecular flexibility index (Phi) is 5.66. The van der Waals surface area contributed by atoms with Gasteiger partial charge in [0, 0.05) is 32.7 Å². The highest BCUT2D eigenvalue weighted by Crippen LogP contribution is 2.28. The second kappa shape index (κ2) is 7.30. The molecular formula is C15H24N2O4S. The lowest BCUT2D eigenvalue weighted by Crippen LogP contribution is -2.48. The Hall–Kier alpha value is -1.31. The summed E-state index contributed by atoms with van der Waals surface area (Å²) >= 11 is 0. The Morgan fingerprint density at radius 1 is 1.05 bits per heavy atom. The van der Waals surface area contributed by atoms with E-state index in [4.69, 9.17) is 9.47 Å². The van der Waals surface area contributed by atoms with E-state index in [1.54, 1.807) is 25.4 Å². The van der Waals surface area contributed by atoms with E-state index in [1.807, 2.05) is 18.2 Å². The third-order valence-electron chi connectivity index (χ3n) is 3.94. The van der Waals surface area contributed by atoms with Crippen molar-refractivity contribution >= 4 is 10.0 Å². The van der Waals surface area contributed by atoms with Crippen LogP contribution in [-0.2, 0) is 16.6 Å². The zero-order chi connectivity index (χ0) is 16.2. The summed E-state index contributed by atoms with van der Waals surface area (Å²) in [6.07, 6.45) is 0. The standard InChI is InChI=1S/C15H24N2O4S/c1-4-22(18,19)17-9-7-16(8-10-17)12-13-5-6-14(20-2)15(11-13)21-3/h5-6,11H,4,7-10,12H2,1-3H3. The minimum Gasteiger partial charge on any atom is -0.493 e. The van der Waals surface area contributed by atoms with E-state index < -0.39 is 10.0 Å². The average Bonchev–Trinajstić information content (AvgIpc) is 2.55. The zero-order valence-electron chi connectivity index (χ0n) is 13.4. The van der Waals surface area contributed by atoms with Gasteiger partial charge in [-0.3, -0.25) is 4.90 Å². The van der Waals surface area contributed by atoms with Crippen LogP contribution in [0.5, 0.6) is 11.5 Å². The number of hydrogen-bond acceptors (Lipinski definition) is 5. The highest BCUT2D eigenvalue weighted by molar-refractivity contribution is 7.89. The first-order valence-electron chi connectivity index (χ1n) is 7.41. The van der Waals surface area contributed by atoms with Gasteiger partial charge in [0.25, 0.3) is 0 Å². The molecule has 0 atom stereocenters. The third kappa shape index (κ3) is 3.91. The van der Waals surface area contributed by atoms with Crippen LogP contribution in [0.2, 0.25) is 0 Å². The molecule has 1 aromatic rings. The molecule has 2 rings (SSSR count). The molecule has 1 aliphatic rings. The van der Waals surface area contributed by atoms with Crippen LogP contribution in [0.1, 0.15) is 12.5 Å². The van der Waals surface area contributed by atoms with Crippen LogP contribution in [-0.4, -0.2) is 63.8 Å². The normalized spacial score (nSPS) is 17.4. The highest BCUT2D eigenvalue weighted by atomic mass is 32.2. The Bertz CT molecular complexity index is 596. The number of methoxy groups -OCH3 is 2. The number of sulfonamides is 1. The predicted molar refractivity (Wildman–Crippen MR) is 85.9 cm³/mol. The minimum absolute atomic E-state index is 0.169. The smallest absolute Gasteiger partial charge is 0.213 e. The van der Waals surface area contributed by atoms with Gasteiger partial charge in [0.1, 0.15) is 0 Å². The second-order valence-electron chi connectivity index (χ2n) is 5.27. The summed E-state index contributed by atoms with van der Waals surface area (Å²) in [6.45, 7) is 5.07. The zero-order valence-corrected chi connectivity index (χ0v) is 14.2. The Morgan fingerprint density at radius 2 is 1.68 bits per heavy atom. The molecule has 0 aliphatic carbocycles. The first-order chi connectivity index (χ1) is 10.5. The molecular weight excluding hydrogens is 304 g/mol. The van der Waals surface area contributed by atoms with Gasteiger partial charge in [-0.15, -0.1) is 0 Å². The highest BCUT2D eigenvalue weighted by Gasteiger charge is 2.25. The summed E-state index contributed by atoms with van der Waals surface area (Å²) in [6, 6.07) is 5.87. The fourth-order valence-electron chi connectivity index (χ4n) is 2.59. The summed E-state index contributed by atoms with van der Waals surface area (Å²) in [5.74, 6) is 1.60. The van der Waals surface area contributed by atoms with E-state index >= 15 is 0 Å². The van der Waals surface area contributed by atoms with Crippen LogP contribution in [0, 0.1) is 0 Å². The number of nitrogens with zero attached hydrogens (tertiary/aromatic N) is 2. The van der Waals surface area contributed by atoms with Crippen molar-refractivity contribution in [3.63, 3.8) is 0 Å². The molecule has 0 spiro atoms. The van der Waals surface area contributed by atoms with E-state index in [-0.39, 0.29) is 5.75 Å². The van der Waals surface area contributed by atoms with Crippen LogP contribution < -0.4 is 9.47 Å². The van der Waals surface area contributed by atoms with Gasteiger partial charge in [0.2, 0.25) is 10.0 Å². The Labute approximate surface area is 132 Å². The van der Waals surface area contributed by atoms with Crippen molar-refractivity contribution in [3.8, 4) is 11.5 Å². The molecule has 22 heavy (non-hydrogen) atoms. The van der Waals surface area contributed by atoms with Crippen molar-refractivity contribution in [3.05, 3.63) is 23.8 Å². The van der Waals surface area contributed by atoms with Crippen LogP contribution in [0.25, 0.3) is 0 Å². The number of piperazine rings is 1. The third-order valence-corrected chi connectivity index (χ3v) is 5.83. The summed E-state index contributed by atoms with van der Waals surface area (Å²) in [4.78, 5) is 2.25. The molecule has 1 saturated heterocycles. The van der Waals surface area contributed by atoms with E-state index in [2.05, 4.69) is 4.90 Å². The largest absolute Gasteiger partial charge is 0.493 e. The van der Waals surface area contributed by atoms with Crippen molar-refractivity contribution in [1.29, 1.82) is 0 Å². The van der Waals surface area contributed by atoms with E-state index in [0.717, 1.165) is 25.2 Å². The number of ether oxygens (including phenoxy) is 2. The lowest BCUT2D eigenvalue weighted by atomic mass is 10.1. The van der Waals surface area contributed by atoms with Crippen LogP contribution in [0.15, 0.2) is 18.2 Å². The van der Waals surface area contributed by atoms with Gasteiger partial charge in [-0.25, -0.2) is 8.42 Å². The van der Waals surface area contributed by atoms with Crippen molar-refractivity contribution in [1.82, 2.24) is 9.21 Å². The molecule has 0 unspecified atom stereocenters. The summed E-state index contributed by atoms with van der Waals surface area (Å²) < 4.78 is 35.8. The van der Waals surface area contributed by atoms with Gasteiger partial charge < -0.3 is 9.47 Å². The maximum absolute atomic E-state index is 11.9. The van der Waals surface area contributed by atoms with Gasteiger partial charge in [-0.2, -0.15) is 4.31 Å². The molecule has 0 radical (unpaired) electrons. The molecule has 1 aliphatic heterocycles. The van der Waals surface area contributed by atoms with Gasteiger partial charge >= 0.3 is 0 Å². The van der Waals surface area contributed by atoms with Crippen LogP contribution in [0.4, 0.5) is 0 Å². The number of hydrogen-bond donors (Lipinski definition) is 0. The topological polar surface area (TPSA) is 59.1 Å². The lowest BCUT2D eigenvalue weighted by molar-refractivity contribution is 0.181. The van der Waals surface area contributed by atoms with E-state index in [1.165, 1.54) is 0 Å². The molecule has 6 nitrogen and oxygen atoms in total. The van der Waals surface area contributed by atoms with Gasteiger partial charge in [0.05, 0.1) is 20.0 Å². The molecule has 0 saturated carbocycles. The molecule has 0 amide bonds. The molecule has 7 heteroatoms. The molecule has 0 aromatic heterocycles. The molecule has 124 valence electrons. The maximum atomic E-state index is 11.9. The summed E-state index contributed by atoms with van der Waals surface area (Å²) in [5, 5.41) is 0. The van der Waals surface area contributed by atoms with Crippen molar-refractivity contribution in [2.24, 2.45) is 0 Å². The van der Waals surface area contributed by atoms with Crippen molar-refractivity contribution in [2.75, 3.05) is 46.2 Å². The Morgan fingerprint density at radius 3 is 2.23 bits per heavy atom. The van der Waals surface area contributed by atoms with Crippen LogP contribution >= 0.6 is 0 Å². The molecule has 0 bridgehead atoms. The second-order valence-corrected chi connectivity index (χ2v) is 7.52. The first-order valence-corrected chi connectivity index (χ1v) is 9.02.